The van der Waals surface area contributed by atoms with Crippen molar-refractivity contribution in [3.05, 3.63) is 40.8 Å². The van der Waals surface area contributed by atoms with E-state index in [-0.39, 0.29) is 16.4 Å². The molecular formula is C16H13F5N2O6S2. The summed E-state index contributed by atoms with van der Waals surface area (Å²) in [6, 6.07) is 1.46. The average Bonchev–Trinajstić information content (AvgIpc) is 3.06. The molecule has 0 aliphatic carbocycles. The minimum Gasteiger partial charge on any atom is -0.403 e. The molecule has 0 fully saturated rings. The highest BCUT2D eigenvalue weighted by Gasteiger charge is 2.43. The molecule has 1 aromatic heterocycles. The molecule has 1 aromatic carbocycles. The molecule has 0 unspecified atom stereocenters. The van der Waals surface area contributed by atoms with Crippen molar-refractivity contribution in [3.8, 4) is 5.75 Å². The third-order valence-electron chi connectivity index (χ3n) is 3.56. The molecule has 0 aliphatic rings. The van der Waals surface area contributed by atoms with Crippen LogP contribution in [0.4, 0.5) is 27.0 Å². The van der Waals surface area contributed by atoms with Crippen LogP contribution in [-0.4, -0.2) is 37.3 Å². The van der Waals surface area contributed by atoms with Gasteiger partial charge in [-0.3, -0.25) is 9.59 Å². The lowest BCUT2D eigenvalue weighted by Crippen LogP contribution is -2.48. The van der Waals surface area contributed by atoms with Crippen LogP contribution in [0.3, 0.4) is 0 Å². The van der Waals surface area contributed by atoms with Crippen molar-refractivity contribution in [2.75, 3.05) is 4.31 Å². The fourth-order valence-corrected chi connectivity index (χ4v) is 4.96. The normalized spacial score (nSPS) is 12.5. The Kier molecular flexibility index (Phi) is 6.36. The van der Waals surface area contributed by atoms with Gasteiger partial charge in [0.25, 0.3) is 21.8 Å². The summed E-state index contributed by atoms with van der Waals surface area (Å²) in [5.74, 6) is -8.99. The van der Waals surface area contributed by atoms with Crippen LogP contribution >= 0.6 is 11.3 Å². The van der Waals surface area contributed by atoms with Crippen molar-refractivity contribution >= 4 is 38.2 Å². The molecule has 2 amide bonds. The number of benzene rings is 1. The highest BCUT2D eigenvalue weighted by atomic mass is 32.2. The largest absolute Gasteiger partial charge is 0.573 e. The Hall–Kier alpha value is -2.78. The number of ether oxygens (including phenoxy) is 1. The zero-order valence-electron chi connectivity index (χ0n) is 15.5. The van der Waals surface area contributed by atoms with Crippen LogP contribution in [0, 0.1) is 11.6 Å². The number of hydrogen-bond acceptors (Lipinski definition) is 7. The van der Waals surface area contributed by atoms with E-state index in [4.69, 9.17) is 5.73 Å². The lowest BCUT2D eigenvalue weighted by Gasteiger charge is -2.27. The minimum atomic E-state index is -5.40. The Morgan fingerprint density at radius 1 is 1.13 bits per heavy atom. The number of aliphatic hydroxyl groups is 1. The number of rotatable bonds is 6. The average molecular weight is 488 g/mol. The number of alkyl halides is 3. The first-order valence-electron chi connectivity index (χ1n) is 7.91. The summed E-state index contributed by atoms with van der Waals surface area (Å²) in [5, 5.41) is 10.5. The van der Waals surface area contributed by atoms with E-state index in [1.807, 2.05) is 0 Å². The second-order valence-electron chi connectivity index (χ2n) is 6.37. The van der Waals surface area contributed by atoms with Gasteiger partial charge in [0, 0.05) is 0 Å². The molecule has 3 N–H and O–H groups in total. The summed E-state index contributed by atoms with van der Waals surface area (Å²) in [6.45, 7) is 1.76. The molecule has 0 saturated heterocycles. The van der Waals surface area contributed by atoms with Gasteiger partial charge in [-0.1, -0.05) is 0 Å². The number of sulfonamides is 1. The summed E-state index contributed by atoms with van der Waals surface area (Å²) in [4.78, 5) is 22.7. The minimum absolute atomic E-state index is 0.167. The standard InChI is InChI=1S/C16H13F5N2O6S2/c1-15(2,26)14(25)23(13-7(12(22)24)5-6-30-13)31(27,28)9-4-3-8(10(17)11(9)18)29-16(19,20)21/h3-6,26H,1-2H3,(H2,22,24). The van der Waals surface area contributed by atoms with Crippen LogP contribution in [0.15, 0.2) is 28.5 Å². The van der Waals surface area contributed by atoms with Crippen molar-refractivity contribution in [3.63, 3.8) is 0 Å². The van der Waals surface area contributed by atoms with Gasteiger partial charge in [0.1, 0.15) is 15.5 Å². The number of thiophene rings is 1. The van der Waals surface area contributed by atoms with Crippen molar-refractivity contribution in [1.29, 1.82) is 0 Å². The fraction of sp³-hybridized carbons (Fsp3) is 0.250. The van der Waals surface area contributed by atoms with Crippen LogP contribution in [0.1, 0.15) is 24.2 Å². The molecule has 0 saturated carbocycles. The maximum Gasteiger partial charge on any atom is 0.573 e. The third kappa shape index (κ3) is 4.94. The van der Waals surface area contributed by atoms with E-state index in [1.165, 1.54) is 0 Å². The SMILES string of the molecule is CC(C)(O)C(=O)N(c1sccc1C(N)=O)S(=O)(=O)c1ccc(OC(F)(F)F)c(F)c1F. The fourth-order valence-electron chi connectivity index (χ4n) is 2.22. The van der Waals surface area contributed by atoms with Gasteiger partial charge >= 0.3 is 6.36 Å². The van der Waals surface area contributed by atoms with Crippen molar-refractivity contribution in [2.24, 2.45) is 5.73 Å². The van der Waals surface area contributed by atoms with E-state index in [2.05, 4.69) is 4.74 Å². The molecule has 2 aromatic rings. The molecule has 0 spiro atoms. The van der Waals surface area contributed by atoms with Crippen LogP contribution in [0.2, 0.25) is 0 Å². The first kappa shape index (κ1) is 24.5. The van der Waals surface area contributed by atoms with E-state index in [0.717, 1.165) is 25.3 Å². The number of halogens is 5. The van der Waals surface area contributed by atoms with Gasteiger partial charge < -0.3 is 15.6 Å². The van der Waals surface area contributed by atoms with E-state index < -0.39 is 66.6 Å². The van der Waals surface area contributed by atoms with Crippen molar-refractivity contribution in [2.45, 2.75) is 30.7 Å². The number of nitrogens with two attached hydrogens (primary N) is 1. The predicted molar refractivity (Wildman–Crippen MR) is 96.8 cm³/mol. The first-order chi connectivity index (χ1) is 14.0. The highest BCUT2D eigenvalue weighted by molar-refractivity contribution is 7.93. The summed E-state index contributed by atoms with van der Waals surface area (Å²) in [6.07, 6.45) is -5.40. The number of nitrogens with zero attached hydrogens (tertiary/aromatic N) is 1. The molecule has 0 radical (unpaired) electrons. The zero-order valence-corrected chi connectivity index (χ0v) is 17.2. The van der Waals surface area contributed by atoms with E-state index in [1.54, 1.807) is 0 Å². The van der Waals surface area contributed by atoms with Crippen LogP contribution in [0.5, 0.6) is 5.75 Å². The monoisotopic (exact) mass is 488 g/mol. The summed E-state index contributed by atoms with van der Waals surface area (Å²) < 4.78 is 94.7. The first-order valence-corrected chi connectivity index (χ1v) is 10.2. The highest BCUT2D eigenvalue weighted by Crippen LogP contribution is 2.37. The van der Waals surface area contributed by atoms with Crippen LogP contribution in [0.25, 0.3) is 0 Å². The number of carbonyl (C=O) groups is 2. The number of anilines is 1. The predicted octanol–water partition coefficient (Wildman–Crippen LogP) is 2.52. The van der Waals surface area contributed by atoms with E-state index in [0.29, 0.717) is 11.3 Å². The lowest BCUT2D eigenvalue weighted by molar-refractivity contribution is -0.275. The van der Waals surface area contributed by atoms with Gasteiger partial charge in [-0.2, -0.15) is 8.70 Å². The summed E-state index contributed by atoms with van der Waals surface area (Å²) >= 11 is 0.497. The van der Waals surface area contributed by atoms with Crippen molar-refractivity contribution < 1.29 is 49.8 Å². The Bertz CT molecular complexity index is 1140. The van der Waals surface area contributed by atoms with Crippen LogP contribution < -0.4 is 14.8 Å². The van der Waals surface area contributed by atoms with Crippen LogP contribution in [-0.2, 0) is 14.8 Å². The molecule has 31 heavy (non-hydrogen) atoms. The molecular weight excluding hydrogens is 475 g/mol. The van der Waals surface area contributed by atoms with E-state index >= 15 is 0 Å². The number of carbonyl (C=O) groups excluding carboxylic acids is 2. The maximum absolute atomic E-state index is 14.5. The second-order valence-corrected chi connectivity index (χ2v) is 9.02. The quantitative estimate of drug-likeness (QED) is 0.602. The topological polar surface area (TPSA) is 127 Å². The number of hydrogen-bond donors (Lipinski definition) is 2. The Morgan fingerprint density at radius 2 is 1.71 bits per heavy atom. The smallest absolute Gasteiger partial charge is 0.403 e. The zero-order chi connectivity index (χ0) is 23.9. The van der Waals surface area contributed by atoms with Gasteiger partial charge in [-0.05, 0) is 37.4 Å². The van der Waals surface area contributed by atoms with E-state index in [9.17, 15) is 45.1 Å². The third-order valence-corrected chi connectivity index (χ3v) is 6.27. The molecule has 8 nitrogen and oxygen atoms in total. The van der Waals surface area contributed by atoms with Crippen molar-refractivity contribution in [1.82, 2.24) is 0 Å². The Balaban J connectivity index is 2.75. The molecule has 1 heterocycles. The van der Waals surface area contributed by atoms with Gasteiger partial charge in [0.05, 0.1) is 5.56 Å². The van der Waals surface area contributed by atoms with Gasteiger partial charge in [0.15, 0.2) is 11.6 Å². The lowest BCUT2D eigenvalue weighted by atomic mass is 10.1. The van der Waals surface area contributed by atoms with Gasteiger partial charge in [0.2, 0.25) is 5.82 Å². The molecule has 15 heteroatoms. The molecule has 0 aliphatic heterocycles. The molecule has 2 rings (SSSR count). The number of amides is 2. The Labute approximate surface area is 175 Å². The Morgan fingerprint density at radius 3 is 2.19 bits per heavy atom. The summed E-state index contributed by atoms with van der Waals surface area (Å²) in [5.41, 5.74) is 2.25. The second kappa shape index (κ2) is 8.05. The molecule has 0 atom stereocenters. The maximum atomic E-state index is 14.5. The van der Waals surface area contributed by atoms with Gasteiger partial charge in [-0.25, -0.2) is 12.8 Å². The number of primary amides is 1. The molecule has 0 bridgehead atoms. The molecule has 170 valence electrons. The van der Waals surface area contributed by atoms with Gasteiger partial charge in [-0.15, -0.1) is 24.5 Å². The summed E-state index contributed by atoms with van der Waals surface area (Å²) in [7, 11) is -5.40.